The zero-order valence-corrected chi connectivity index (χ0v) is 43.5. The number of carbonyl (C=O) groups is 1. The fourth-order valence-corrected chi connectivity index (χ4v) is 9.01. The fourth-order valence-electron chi connectivity index (χ4n) is 8.04. The van der Waals surface area contributed by atoms with Crippen LogP contribution in [0.4, 0.5) is 0 Å². The number of rotatable bonds is 46. The van der Waals surface area contributed by atoms with Crippen molar-refractivity contribution < 1.29 is 58.3 Å². The lowest BCUT2D eigenvalue weighted by Gasteiger charge is -2.41. The summed E-state index contributed by atoms with van der Waals surface area (Å²) in [6, 6.07) is 0. The first kappa shape index (κ1) is 64.1. The standard InChI is InChI=1S/C55H99O12P/c1-3-5-7-9-11-13-15-17-19-21-23-24-25-27-29-31-33-35-37-39-41-43-45-64-46-48(47-65-68(62,63)67-55-53(60)51(58)50(57)52(59)54(55)61)66-49(56)44-42-40-38-36-34-32-30-28-26-22-20-18-16-14-12-10-8-6-4-2/h12,14-15,17-18,20-21,23,26,28,48,50-55,57-61H,3-11,13,16,19,22,24-25,27,29-47H2,1-2H3,(H,62,63)/b14-12-,17-15-,20-18-,23-21-,28-26-. The summed E-state index contributed by atoms with van der Waals surface area (Å²) in [5.74, 6) is -0.490. The molecule has 13 heteroatoms. The molecule has 6 atom stereocenters. The SMILES string of the molecule is CCCCC/C=C\C/C=C\C/C=C\CCCCCCCCC(=O)OC(COCCCCCCCCCCCC/C=C\C/C=C\CCCCCCC)COP(=O)(O)OC1C(O)C(O)C(O)C(O)C1O. The fraction of sp³-hybridized carbons (Fsp3) is 0.800. The Morgan fingerprint density at radius 2 is 0.824 bits per heavy atom. The highest BCUT2D eigenvalue weighted by Gasteiger charge is 2.51. The van der Waals surface area contributed by atoms with Crippen molar-refractivity contribution in [3.05, 3.63) is 60.8 Å². The van der Waals surface area contributed by atoms with E-state index in [1.807, 2.05) is 0 Å². The first-order valence-corrected chi connectivity index (χ1v) is 28.6. The van der Waals surface area contributed by atoms with Gasteiger partial charge in [0.25, 0.3) is 0 Å². The Hall–Kier alpha value is -1.96. The third-order valence-electron chi connectivity index (χ3n) is 12.4. The van der Waals surface area contributed by atoms with Crippen LogP contribution in [0.15, 0.2) is 60.8 Å². The zero-order chi connectivity index (χ0) is 49.8. The molecule has 1 saturated carbocycles. The Kier molecular flexibility index (Phi) is 42.3. The van der Waals surface area contributed by atoms with E-state index in [9.17, 15) is 39.8 Å². The minimum atomic E-state index is -5.03. The highest BCUT2D eigenvalue weighted by molar-refractivity contribution is 7.47. The summed E-state index contributed by atoms with van der Waals surface area (Å²) in [6.45, 7) is 4.22. The summed E-state index contributed by atoms with van der Waals surface area (Å²) in [5, 5.41) is 50.4. The number of unbranched alkanes of at least 4 members (excludes halogenated alkanes) is 24. The first-order valence-electron chi connectivity index (χ1n) is 27.1. The second-order valence-electron chi connectivity index (χ2n) is 18.7. The minimum absolute atomic E-state index is 0.0859. The van der Waals surface area contributed by atoms with Crippen LogP contribution in [0.25, 0.3) is 0 Å². The predicted molar refractivity (Wildman–Crippen MR) is 276 cm³/mol. The number of aliphatic hydroxyl groups excluding tert-OH is 5. The average molecular weight is 983 g/mol. The molecule has 0 heterocycles. The van der Waals surface area contributed by atoms with E-state index in [2.05, 4.69) is 74.6 Å². The van der Waals surface area contributed by atoms with Gasteiger partial charge in [-0.15, -0.1) is 0 Å². The average Bonchev–Trinajstić information content (AvgIpc) is 3.32. The van der Waals surface area contributed by atoms with Crippen LogP contribution in [0, 0.1) is 0 Å². The normalized spacial score (nSPS) is 21.6. The molecule has 0 aliphatic heterocycles. The predicted octanol–water partition coefficient (Wildman–Crippen LogP) is 12.5. The largest absolute Gasteiger partial charge is 0.472 e. The minimum Gasteiger partial charge on any atom is -0.457 e. The molecular formula is C55H99O12P. The van der Waals surface area contributed by atoms with Gasteiger partial charge in [-0.2, -0.15) is 0 Å². The number of aliphatic hydroxyl groups is 5. The molecule has 6 unspecified atom stereocenters. The van der Waals surface area contributed by atoms with E-state index in [4.69, 9.17) is 18.5 Å². The number of allylic oxidation sites excluding steroid dienone is 10. The van der Waals surface area contributed by atoms with Gasteiger partial charge in [-0.1, -0.05) is 190 Å². The molecule has 396 valence electrons. The van der Waals surface area contributed by atoms with E-state index in [0.717, 1.165) is 83.5 Å². The molecule has 0 aromatic carbocycles. The molecule has 12 nitrogen and oxygen atoms in total. The Balaban J connectivity index is 2.33. The van der Waals surface area contributed by atoms with Crippen molar-refractivity contribution >= 4 is 13.8 Å². The van der Waals surface area contributed by atoms with Crippen LogP contribution in [0.1, 0.15) is 219 Å². The molecule has 0 amide bonds. The molecule has 0 aromatic heterocycles. The van der Waals surface area contributed by atoms with Gasteiger partial charge >= 0.3 is 13.8 Å². The number of phosphoric ester groups is 1. The van der Waals surface area contributed by atoms with Gasteiger partial charge in [-0.3, -0.25) is 13.8 Å². The van der Waals surface area contributed by atoms with Gasteiger partial charge < -0.3 is 39.9 Å². The number of hydrogen-bond donors (Lipinski definition) is 6. The van der Waals surface area contributed by atoms with Crippen LogP contribution in [0.3, 0.4) is 0 Å². The van der Waals surface area contributed by atoms with Gasteiger partial charge in [0.1, 0.15) is 42.7 Å². The Bertz CT molecular complexity index is 1350. The van der Waals surface area contributed by atoms with Crippen molar-refractivity contribution in [2.45, 2.75) is 262 Å². The number of ether oxygens (including phenoxy) is 2. The summed E-state index contributed by atoms with van der Waals surface area (Å²) < 4.78 is 34.3. The molecule has 1 fully saturated rings. The van der Waals surface area contributed by atoms with Crippen LogP contribution in [0.2, 0.25) is 0 Å². The molecule has 6 N–H and O–H groups in total. The molecule has 1 aliphatic carbocycles. The van der Waals surface area contributed by atoms with Crippen LogP contribution in [-0.4, -0.2) is 98.9 Å². The molecule has 1 rings (SSSR count). The van der Waals surface area contributed by atoms with E-state index in [1.165, 1.54) is 109 Å². The summed E-state index contributed by atoms with van der Waals surface area (Å²) >= 11 is 0. The third kappa shape index (κ3) is 36.0. The van der Waals surface area contributed by atoms with E-state index >= 15 is 0 Å². The summed E-state index contributed by atoms with van der Waals surface area (Å²) in [5.41, 5.74) is 0. The molecule has 0 aromatic rings. The maximum absolute atomic E-state index is 12.9. The Morgan fingerprint density at radius 1 is 0.471 bits per heavy atom. The summed E-state index contributed by atoms with van der Waals surface area (Å²) in [4.78, 5) is 23.3. The monoisotopic (exact) mass is 983 g/mol. The van der Waals surface area contributed by atoms with Crippen LogP contribution >= 0.6 is 7.82 Å². The summed E-state index contributed by atoms with van der Waals surface area (Å²) in [7, 11) is -5.03. The van der Waals surface area contributed by atoms with Crippen molar-refractivity contribution in [1.29, 1.82) is 0 Å². The lowest BCUT2D eigenvalue weighted by atomic mass is 9.85. The lowest BCUT2D eigenvalue weighted by molar-refractivity contribution is -0.220. The molecular weight excluding hydrogens is 884 g/mol. The van der Waals surface area contributed by atoms with Gasteiger partial charge in [-0.25, -0.2) is 4.57 Å². The summed E-state index contributed by atoms with van der Waals surface area (Å²) in [6.07, 6.45) is 45.6. The van der Waals surface area contributed by atoms with Gasteiger partial charge in [0.05, 0.1) is 13.2 Å². The van der Waals surface area contributed by atoms with E-state index in [1.54, 1.807) is 0 Å². The highest BCUT2D eigenvalue weighted by Crippen LogP contribution is 2.47. The second-order valence-corrected chi connectivity index (χ2v) is 20.1. The highest BCUT2D eigenvalue weighted by atomic mass is 31.2. The van der Waals surface area contributed by atoms with Crippen molar-refractivity contribution in [3.63, 3.8) is 0 Å². The molecule has 0 radical (unpaired) electrons. The molecule has 0 spiro atoms. The number of esters is 1. The molecule has 1 aliphatic rings. The first-order chi connectivity index (χ1) is 33.0. The molecule has 68 heavy (non-hydrogen) atoms. The molecule has 0 saturated heterocycles. The quantitative estimate of drug-likeness (QED) is 0.0147. The Labute approximate surface area is 413 Å². The van der Waals surface area contributed by atoms with Crippen molar-refractivity contribution in [3.8, 4) is 0 Å². The third-order valence-corrected chi connectivity index (χ3v) is 13.3. The van der Waals surface area contributed by atoms with E-state index in [0.29, 0.717) is 13.0 Å². The zero-order valence-electron chi connectivity index (χ0n) is 42.6. The smallest absolute Gasteiger partial charge is 0.457 e. The van der Waals surface area contributed by atoms with Crippen LogP contribution in [0.5, 0.6) is 0 Å². The van der Waals surface area contributed by atoms with Crippen molar-refractivity contribution in [1.82, 2.24) is 0 Å². The van der Waals surface area contributed by atoms with Gasteiger partial charge in [-0.05, 0) is 83.5 Å². The van der Waals surface area contributed by atoms with Crippen molar-refractivity contribution in [2.75, 3.05) is 19.8 Å². The topological polar surface area (TPSA) is 192 Å². The maximum atomic E-state index is 12.9. The van der Waals surface area contributed by atoms with E-state index < -0.39 is 63.1 Å². The van der Waals surface area contributed by atoms with Crippen molar-refractivity contribution in [2.24, 2.45) is 0 Å². The van der Waals surface area contributed by atoms with Gasteiger partial charge in [0, 0.05) is 13.0 Å². The number of carbonyl (C=O) groups excluding carboxylic acids is 1. The Morgan fingerprint density at radius 3 is 1.28 bits per heavy atom. The van der Waals surface area contributed by atoms with Crippen LogP contribution in [-0.2, 0) is 27.9 Å². The number of hydrogen-bond acceptors (Lipinski definition) is 11. The second kappa shape index (κ2) is 44.9. The number of phosphoric acid groups is 1. The molecule has 0 bridgehead atoms. The maximum Gasteiger partial charge on any atom is 0.472 e. The van der Waals surface area contributed by atoms with Gasteiger partial charge in [0.2, 0.25) is 0 Å². The lowest BCUT2D eigenvalue weighted by Crippen LogP contribution is -2.64. The van der Waals surface area contributed by atoms with Crippen LogP contribution < -0.4 is 0 Å². The van der Waals surface area contributed by atoms with E-state index in [-0.39, 0.29) is 13.0 Å². The van der Waals surface area contributed by atoms with Gasteiger partial charge in [0.15, 0.2) is 0 Å².